The molecule has 140 valence electrons. The first-order valence-electron chi connectivity index (χ1n) is 9.53. The molecule has 0 unspecified atom stereocenters. The number of ether oxygens (including phenoxy) is 1. The van der Waals surface area contributed by atoms with E-state index in [1.54, 1.807) is 0 Å². The van der Waals surface area contributed by atoms with E-state index in [-0.39, 0.29) is 5.41 Å². The summed E-state index contributed by atoms with van der Waals surface area (Å²) in [6.07, 6.45) is 2.96. The van der Waals surface area contributed by atoms with Gasteiger partial charge in [-0.3, -0.25) is 4.98 Å². The number of pyridine rings is 1. The van der Waals surface area contributed by atoms with Gasteiger partial charge in [-0.1, -0.05) is 45.0 Å². The van der Waals surface area contributed by atoms with Crippen molar-refractivity contribution in [3.8, 4) is 22.8 Å². The number of benzene rings is 2. The second kappa shape index (κ2) is 6.13. The Labute approximate surface area is 164 Å². The molecule has 4 aromatic rings. The lowest BCUT2D eigenvalue weighted by atomic mass is 9.89. The number of fused-ring (bicyclic) bond motifs is 4. The predicted molar refractivity (Wildman–Crippen MR) is 112 cm³/mol. The first kappa shape index (κ1) is 16.9. The standard InChI is InChI=1S/C24H22N2O2/c1-24(2,3)13-15-11-12-18(25-14-15)16-7-6-8-17-21(16)28-23-22(17)27-20-10-5-4-9-19(20)26-23/h4-12,14,26H,13H2,1-3H3. The molecule has 0 atom stereocenters. The van der Waals surface area contributed by atoms with Crippen LogP contribution in [0.3, 0.4) is 0 Å². The van der Waals surface area contributed by atoms with Crippen molar-refractivity contribution >= 4 is 22.5 Å². The van der Waals surface area contributed by atoms with Gasteiger partial charge in [0.1, 0.15) is 5.58 Å². The second-order valence-corrected chi connectivity index (χ2v) is 8.45. The highest BCUT2D eigenvalue weighted by molar-refractivity contribution is 6.00. The molecule has 0 radical (unpaired) electrons. The van der Waals surface area contributed by atoms with E-state index in [0.29, 0.717) is 5.88 Å². The van der Waals surface area contributed by atoms with Gasteiger partial charge in [-0.2, -0.15) is 0 Å². The van der Waals surface area contributed by atoms with Crippen LogP contribution in [0.25, 0.3) is 22.2 Å². The van der Waals surface area contributed by atoms with Gasteiger partial charge in [0.05, 0.1) is 16.8 Å². The Balaban J connectivity index is 1.56. The number of hydrogen-bond donors (Lipinski definition) is 1. The van der Waals surface area contributed by atoms with Crippen LogP contribution in [0.15, 0.2) is 65.2 Å². The quantitative estimate of drug-likeness (QED) is 0.366. The van der Waals surface area contributed by atoms with Crippen molar-refractivity contribution in [1.82, 2.24) is 4.98 Å². The highest BCUT2D eigenvalue weighted by Crippen LogP contribution is 2.49. The van der Waals surface area contributed by atoms with Crippen LogP contribution in [0.1, 0.15) is 26.3 Å². The Hall–Kier alpha value is -3.27. The Kier molecular flexibility index (Phi) is 3.69. The molecule has 3 heterocycles. The summed E-state index contributed by atoms with van der Waals surface area (Å²) in [6.45, 7) is 6.71. The molecule has 5 rings (SSSR count). The fraction of sp³-hybridized carbons (Fsp3) is 0.208. The fourth-order valence-corrected chi connectivity index (χ4v) is 3.67. The highest BCUT2D eigenvalue weighted by atomic mass is 16.5. The second-order valence-electron chi connectivity index (χ2n) is 8.45. The molecule has 0 saturated heterocycles. The van der Waals surface area contributed by atoms with Crippen molar-refractivity contribution in [3.05, 3.63) is 66.4 Å². The van der Waals surface area contributed by atoms with Gasteiger partial charge in [-0.15, -0.1) is 0 Å². The van der Waals surface area contributed by atoms with Crippen LogP contribution >= 0.6 is 0 Å². The minimum atomic E-state index is 0.237. The van der Waals surface area contributed by atoms with E-state index in [1.807, 2.05) is 48.7 Å². The number of aromatic nitrogens is 1. The molecule has 0 bridgehead atoms. The third-order valence-corrected chi connectivity index (χ3v) is 4.85. The predicted octanol–water partition coefficient (Wildman–Crippen LogP) is 6.93. The number of para-hydroxylation sites is 3. The third-order valence-electron chi connectivity index (χ3n) is 4.85. The topological polar surface area (TPSA) is 47.3 Å². The maximum atomic E-state index is 6.17. The normalized spacial score (nSPS) is 12.8. The number of nitrogens with zero attached hydrogens (tertiary/aromatic N) is 1. The minimum absolute atomic E-state index is 0.237. The molecule has 2 aromatic heterocycles. The van der Waals surface area contributed by atoms with Gasteiger partial charge in [0.15, 0.2) is 11.5 Å². The van der Waals surface area contributed by atoms with Gasteiger partial charge >= 0.3 is 0 Å². The fourth-order valence-electron chi connectivity index (χ4n) is 3.67. The summed E-state index contributed by atoms with van der Waals surface area (Å²) in [7, 11) is 0. The van der Waals surface area contributed by atoms with Crippen molar-refractivity contribution in [2.45, 2.75) is 27.2 Å². The summed E-state index contributed by atoms with van der Waals surface area (Å²) >= 11 is 0. The maximum absolute atomic E-state index is 6.17. The molecule has 1 aliphatic heterocycles. The molecule has 4 nitrogen and oxygen atoms in total. The van der Waals surface area contributed by atoms with E-state index in [9.17, 15) is 0 Å². The number of furan rings is 1. The van der Waals surface area contributed by atoms with Crippen molar-refractivity contribution < 1.29 is 9.15 Å². The first-order valence-corrected chi connectivity index (χ1v) is 9.53. The lowest BCUT2D eigenvalue weighted by Crippen LogP contribution is -2.09. The zero-order valence-electron chi connectivity index (χ0n) is 16.2. The molecule has 0 fully saturated rings. The summed E-state index contributed by atoms with van der Waals surface area (Å²) in [6, 6.07) is 18.1. The Bertz CT molecular complexity index is 1170. The molecular formula is C24H22N2O2. The van der Waals surface area contributed by atoms with E-state index >= 15 is 0 Å². The summed E-state index contributed by atoms with van der Waals surface area (Å²) in [5.74, 6) is 2.15. The van der Waals surface area contributed by atoms with E-state index in [1.165, 1.54) is 5.56 Å². The monoisotopic (exact) mass is 370 g/mol. The van der Waals surface area contributed by atoms with Gasteiger partial charge in [-0.25, -0.2) is 0 Å². The molecule has 0 saturated carbocycles. The zero-order chi connectivity index (χ0) is 19.3. The van der Waals surface area contributed by atoms with Crippen molar-refractivity contribution in [2.24, 2.45) is 5.41 Å². The summed E-state index contributed by atoms with van der Waals surface area (Å²) in [4.78, 5) is 4.71. The molecule has 1 N–H and O–H groups in total. The average molecular weight is 370 g/mol. The van der Waals surface area contributed by atoms with Gasteiger partial charge < -0.3 is 14.5 Å². The molecule has 28 heavy (non-hydrogen) atoms. The molecule has 4 heteroatoms. The Morgan fingerprint density at radius 1 is 0.964 bits per heavy atom. The molecule has 2 aromatic carbocycles. The van der Waals surface area contributed by atoms with Crippen LogP contribution in [0.5, 0.6) is 11.5 Å². The van der Waals surface area contributed by atoms with Crippen LogP contribution in [-0.4, -0.2) is 4.98 Å². The van der Waals surface area contributed by atoms with Gasteiger partial charge in [-0.05, 0) is 47.7 Å². The van der Waals surface area contributed by atoms with Crippen molar-refractivity contribution in [3.63, 3.8) is 0 Å². The molecule has 0 spiro atoms. The average Bonchev–Trinajstić information content (AvgIpc) is 3.03. The summed E-state index contributed by atoms with van der Waals surface area (Å²) < 4.78 is 12.3. The summed E-state index contributed by atoms with van der Waals surface area (Å²) in [5.41, 5.74) is 5.02. The molecular weight excluding hydrogens is 348 g/mol. The van der Waals surface area contributed by atoms with Gasteiger partial charge in [0.2, 0.25) is 5.88 Å². The number of rotatable bonds is 2. The van der Waals surface area contributed by atoms with Gasteiger partial charge in [0.25, 0.3) is 0 Å². The Morgan fingerprint density at radius 3 is 2.61 bits per heavy atom. The highest BCUT2D eigenvalue weighted by Gasteiger charge is 2.25. The Morgan fingerprint density at radius 2 is 1.82 bits per heavy atom. The maximum Gasteiger partial charge on any atom is 0.242 e. The third kappa shape index (κ3) is 2.91. The number of nitrogens with one attached hydrogen (secondary N) is 1. The molecule has 0 aliphatic carbocycles. The van der Waals surface area contributed by atoms with Crippen LogP contribution in [0.2, 0.25) is 0 Å². The van der Waals surface area contributed by atoms with E-state index in [2.05, 4.69) is 38.2 Å². The van der Waals surface area contributed by atoms with Crippen molar-refractivity contribution in [2.75, 3.05) is 5.32 Å². The smallest absolute Gasteiger partial charge is 0.242 e. The summed E-state index contributed by atoms with van der Waals surface area (Å²) in [5, 5.41) is 4.27. The molecule has 1 aliphatic rings. The van der Waals surface area contributed by atoms with E-state index < -0.39 is 0 Å². The first-order chi connectivity index (χ1) is 13.5. The van der Waals surface area contributed by atoms with Crippen LogP contribution in [0, 0.1) is 5.41 Å². The lowest BCUT2D eigenvalue weighted by Gasteiger charge is -2.17. The number of anilines is 2. The SMILES string of the molecule is CC(C)(C)Cc1ccc(-c2cccc3c4c(oc23)Nc2ccccc2O4)nc1. The number of hydrogen-bond acceptors (Lipinski definition) is 4. The van der Waals surface area contributed by atoms with E-state index in [0.717, 1.165) is 45.8 Å². The van der Waals surface area contributed by atoms with Crippen LogP contribution in [-0.2, 0) is 6.42 Å². The lowest BCUT2D eigenvalue weighted by molar-refractivity contribution is 0.411. The zero-order valence-corrected chi connectivity index (χ0v) is 16.2. The molecule has 0 amide bonds. The van der Waals surface area contributed by atoms with Crippen molar-refractivity contribution in [1.29, 1.82) is 0 Å². The minimum Gasteiger partial charge on any atom is -0.449 e. The van der Waals surface area contributed by atoms with E-state index in [4.69, 9.17) is 14.1 Å². The largest absolute Gasteiger partial charge is 0.449 e. The van der Waals surface area contributed by atoms with Crippen LogP contribution < -0.4 is 10.1 Å². The van der Waals surface area contributed by atoms with Crippen LogP contribution in [0.4, 0.5) is 11.6 Å². The van der Waals surface area contributed by atoms with Gasteiger partial charge in [0, 0.05) is 11.8 Å².